The minimum absolute atomic E-state index is 0.0511. The van der Waals surface area contributed by atoms with Gasteiger partial charge in [0.2, 0.25) is 10.0 Å². The van der Waals surface area contributed by atoms with Gasteiger partial charge in [0.15, 0.2) is 0 Å². The maximum Gasteiger partial charge on any atom is 0.317 e. The minimum atomic E-state index is -3.78. The van der Waals surface area contributed by atoms with Gasteiger partial charge in [-0.05, 0) is 36.2 Å². The van der Waals surface area contributed by atoms with E-state index in [0.717, 1.165) is 5.56 Å². The van der Waals surface area contributed by atoms with E-state index in [0.29, 0.717) is 36.8 Å². The smallest absolute Gasteiger partial charge is 0.317 e. The number of carbonyl (C=O) groups is 1. The zero-order chi connectivity index (χ0) is 22.4. The number of piperazine rings is 1. The fraction of sp³-hybridized carbons (Fsp3) is 0.381. The Morgan fingerprint density at radius 3 is 2.32 bits per heavy atom. The highest BCUT2D eigenvalue weighted by Gasteiger charge is 2.32. The second kappa shape index (κ2) is 10.2. The molecule has 1 saturated heterocycles. The molecule has 0 radical (unpaired) electrons. The molecule has 168 valence electrons. The van der Waals surface area contributed by atoms with Crippen molar-refractivity contribution in [1.29, 1.82) is 0 Å². The fourth-order valence-electron chi connectivity index (χ4n) is 3.33. The van der Waals surface area contributed by atoms with Gasteiger partial charge in [0, 0.05) is 43.8 Å². The lowest BCUT2D eigenvalue weighted by molar-refractivity contribution is 0.172. The summed E-state index contributed by atoms with van der Waals surface area (Å²) in [5.74, 6) is 0.682. The molecule has 1 aliphatic rings. The number of sulfonamides is 1. The van der Waals surface area contributed by atoms with Gasteiger partial charge in [-0.25, -0.2) is 13.2 Å². The molecule has 0 aliphatic carbocycles. The van der Waals surface area contributed by atoms with Gasteiger partial charge in [0.1, 0.15) is 16.4 Å². The van der Waals surface area contributed by atoms with E-state index in [-0.39, 0.29) is 29.8 Å². The molecule has 2 amide bonds. The van der Waals surface area contributed by atoms with Gasteiger partial charge >= 0.3 is 6.03 Å². The number of ether oxygens (including phenoxy) is 2. The first-order chi connectivity index (χ1) is 14.8. The molecule has 0 aromatic heterocycles. The van der Waals surface area contributed by atoms with Crippen molar-refractivity contribution < 1.29 is 22.7 Å². The van der Waals surface area contributed by atoms with Gasteiger partial charge in [0.25, 0.3) is 0 Å². The Labute approximate surface area is 187 Å². The summed E-state index contributed by atoms with van der Waals surface area (Å²) in [6.45, 7) is 1.50. The Morgan fingerprint density at radius 1 is 1.03 bits per heavy atom. The lowest BCUT2D eigenvalue weighted by atomic mass is 10.1. The van der Waals surface area contributed by atoms with Crippen LogP contribution in [0.1, 0.15) is 5.56 Å². The number of benzene rings is 2. The van der Waals surface area contributed by atoms with Crippen LogP contribution in [-0.2, 0) is 16.4 Å². The van der Waals surface area contributed by atoms with Gasteiger partial charge < -0.3 is 19.7 Å². The molecule has 1 fully saturated rings. The quantitative estimate of drug-likeness (QED) is 0.676. The van der Waals surface area contributed by atoms with Crippen molar-refractivity contribution in [3.05, 3.63) is 53.1 Å². The average molecular weight is 468 g/mol. The van der Waals surface area contributed by atoms with Crippen LogP contribution in [-0.4, -0.2) is 70.6 Å². The molecule has 31 heavy (non-hydrogen) atoms. The molecule has 2 aromatic rings. The fourth-order valence-corrected chi connectivity index (χ4v) is 5.05. The normalized spacial score (nSPS) is 14.9. The number of nitrogens with zero attached hydrogens (tertiary/aromatic N) is 2. The first-order valence-corrected chi connectivity index (χ1v) is 11.7. The van der Waals surface area contributed by atoms with Crippen LogP contribution in [0.5, 0.6) is 11.5 Å². The van der Waals surface area contributed by atoms with Crippen molar-refractivity contribution in [1.82, 2.24) is 14.5 Å². The SMILES string of the molecule is COc1ccc(OC)c(S(=O)(=O)N2CCN(C(=O)NCCc3ccc(Cl)cc3)CC2)c1. The summed E-state index contributed by atoms with van der Waals surface area (Å²) in [5, 5.41) is 3.56. The third kappa shape index (κ3) is 5.61. The van der Waals surface area contributed by atoms with E-state index in [1.807, 2.05) is 24.3 Å². The number of amides is 2. The van der Waals surface area contributed by atoms with Crippen molar-refractivity contribution in [2.75, 3.05) is 46.9 Å². The first-order valence-electron chi connectivity index (χ1n) is 9.84. The van der Waals surface area contributed by atoms with E-state index in [2.05, 4.69) is 5.32 Å². The second-order valence-corrected chi connectivity index (χ2v) is 9.36. The van der Waals surface area contributed by atoms with E-state index in [1.165, 1.54) is 24.6 Å². The Morgan fingerprint density at radius 2 is 1.71 bits per heavy atom. The van der Waals surface area contributed by atoms with Crippen LogP contribution >= 0.6 is 11.6 Å². The number of methoxy groups -OCH3 is 2. The van der Waals surface area contributed by atoms with Gasteiger partial charge in [-0.15, -0.1) is 0 Å². The minimum Gasteiger partial charge on any atom is -0.497 e. The van der Waals surface area contributed by atoms with E-state index in [9.17, 15) is 13.2 Å². The van der Waals surface area contributed by atoms with E-state index >= 15 is 0 Å². The topological polar surface area (TPSA) is 88.2 Å². The third-order valence-electron chi connectivity index (χ3n) is 5.12. The van der Waals surface area contributed by atoms with E-state index in [4.69, 9.17) is 21.1 Å². The highest BCUT2D eigenvalue weighted by molar-refractivity contribution is 7.89. The number of urea groups is 1. The van der Waals surface area contributed by atoms with Crippen molar-refractivity contribution in [3.8, 4) is 11.5 Å². The molecular formula is C21H26ClN3O5S. The zero-order valence-corrected chi connectivity index (χ0v) is 19.1. The molecular weight excluding hydrogens is 442 g/mol. The maximum absolute atomic E-state index is 13.1. The maximum atomic E-state index is 13.1. The Kier molecular flexibility index (Phi) is 7.64. The largest absolute Gasteiger partial charge is 0.497 e. The number of hydrogen-bond donors (Lipinski definition) is 1. The standard InChI is InChI=1S/C21H26ClN3O5S/c1-29-18-7-8-19(30-2)20(15-18)31(27,28)25-13-11-24(12-14-25)21(26)23-10-9-16-3-5-17(22)6-4-16/h3-8,15H,9-14H2,1-2H3,(H,23,26). The molecule has 1 N–H and O–H groups in total. The van der Waals surface area contributed by atoms with Gasteiger partial charge in [-0.3, -0.25) is 0 Å². The van der Waals surface area contributed by atoms with Crippen molar-refractivity contribution >= 4 is 27.7 Å². The summed E-state index contributed by atoms with van der Waals surface area (Å²) in [5.41, 5.74) is 1.08. The summed E-state index contributed by atoms with van der Waals surface area (Å²) in [6, 6.07) is 11.9. The number of nitrogens with one attached hydrogen (secondary N) is 1. The molecule has 0 bridgehead atoms. The molecule has 2 aromatic carbocycles. The lowest BCUT2D eigenvalue weighted by Crippen LogP contribution is -2.53. The van der Waals surface area contributed by atoms with E-state index in [1.54, 1.807) is 17.0 Å². The number of halogens is 1. The molecule has 1 heterocycles. The number of hydrogen-bond acceptors (Lipinski definition) is 5. The van der Waals surface area contributed by atoms with Crippen molar-refractivity contribution in [2.45, 2.75) is 11.3 Å². The second-order valence-electron chi connectivity index (χ2n) is 7.02. The van der Waals surface area contributed by atoms with Crippen LogP contribution in [0.25, 0.3) is 0 Å². The van der Waals surface area contributed by atoms with Crippen LogP contribution in [0, 0.1) is 0 Å². The van der Waals surface area contributed by atoms with Crippen LogP contribution < -0.4 is 14.8 Å². The van der Waals surface area contributed by atoms with Crippen molar-refractivity contribution in [2.24, 2.45) is 0 Å². The highest BCUT2D eigenvalue weighted by atomic mass is 35.5. The molecule has 0 spiro atoms. The average Bonchev–Trinajstić information content (AvgIpc) is 2.79. The monoisotopic (exact) mass is 467 g/mol. The lowest BCUT2D eigenvalue weighted by Gasteiger charge is -2.34. The molecule has 1 aliphatic heterocycles. The van der Waals surface area contributed by atoms with Crippen molar-refractivity contribution in [3.63, 3.8) is 0 Å². The molecule has 8 nitrogen and oxygen atoms in total. The van der Waals surface area contributed by atoms with Gasteiger partial charge in [-0.1, -0.05) is 23.7 Å². The Balaban J connectivity index is 1.56. The van der Waals surface area contributed by atoms with Gasteiger partial charge in [0.05, 0.1) is 14.2 Å². The number of rotatable bonds is 7. The zero-order valence-electron chi connectivity index (χ0n) is 17.5. The Hall–Kier alpha value is -2.49. The first kappa shape index (κ1) is 23.2. The highest BCUT2D eigenvalue weighted by Crippen LogP contribution is 2.31. The molecule has 0 unspecified atom stereocenters. The summed E-state index contributed by atoms with van der Waals surface area (Å²) in [6.07, 6.45) is 0.687. The summed E-state index contributed by atoms with van der Waals surface area (Å²) in [4.78, 5) is 14.1. The molecule has 0 saturated carbocycles. The summed E-state index contributed by atoms with van der Waals surface area (Å²) < 4.78 is 38.0. The predicted octanol–water partition coefficient (Wildman–Crippen LogP) is 2.62. The van der Waals surface area contributed by atoms with E-state index < -0.39 is 10.0 Å². The van der Waals surface area contributed by atoms with Crippen LogP contribution in [0.15, 0.2) is 47.4 Å². The molecule has 3 rings (SSSR count). The van der Waals surface area contributed by atoms with Crippen LogP contribution in [0.3, 0.4) is 0 Å². The molecule has 0 atom stereocenters. The predicted molar refractivity (Wildman–Crippen MR) is 118 cm³/mol. The third-order valence-corrected chi connectivity index (χ3v) is 7.29. The summed E-state index contributed by atoms with van der Waals surface area (Å²) in [7, 11) is -0.885. The van der Waals surface area contributed by atoms with Gasteiger partial charge in [-0.2, -0.15) is 4.31 Å². The van der Waals surface area contributed by atoms with Crippen LogP contribution in [0.2, 0.25) is 5.02 Å². The Bertz CT molecular complexity index is 1010. The molecule has 10 heteroatoms. The van der Waals surface area contributed by atoms with Crippen LogP contribution in [0.4, 0.5) is 4.79 Å². The number of carbonyl (C=O) groups excluding carboxylic acids is 1. The summed E-state index contributed by atoms with van der Waals surface area (Å²) >= 11 is 5.88.